The van der Waals surface area contributed by atoms with Crippen molar-refractivity contribution in [2.24, 2.45) is 51.6 Å². The zero-order valence-electron chi connectivity index (χ0n) is 46.2. The van der Waals surface area contributed by atoms with E-state index in [1.54, 1.807) is 55.4 Å². The molecule has 0 bridgehead atoms. The summed E-state index contributed by atoms with van der Waals surface area (Å²) in [6.07, 6.45) is -1.60. The molecule has 0 aliphatic rings. The average Bonchev–Trinajstić information content (AvgIpc) is 3.35. The fourth-order valence-corrected chi connectivity index (χ4v) is 7.83. The van der Waals surface area contributed by atoms with Gasteiger partial charge in [0.2, 0.25) is 59.1 Å². The Balaban J connectivity index is 6.82. The number of thiol groups is 2. The molecule has 20 N–H and O–H groups in total. The van der Waals surface area contributed by atoms with Gasteiger partial charge >= 0.3 is 11.9 Å². The molecule has 0 aromatic heterocycles. The van der Waals surface area contributed by atoms with Crippen LogP contribution in [0.1, 0.15) is 113 Å². The molecule has 0 unspecified atom stereocenters. The summed E-state index contributed by atoms with van der Waals surface area (Å²) in [7, 11) is 0. The molecule has 0 heterocycles. The van der Waals surface area contributed by atoms with Crippen molar-refractivity contribution >= 4 is 102 Å². The molecule has 10 amide bonds. The van der Waals surface area contributed by atoms with Gasteiger partial charge in [-0.15, -0.1) is 0 Å². The minimum Gasteiger partial charge on any atom is -0.481 e. The normalized spacial score (nSPS) is 15.4. The summed E-state index contributed by atoms with van der Waals surface area (Å²) in [5, 5.41) is 51.1. The number of guanidine groups is 1. The number of carboxylic acids is 2. The fourth-order valence-electron chi connectivity index (χ4n) is 7.42. The van der Waals surface area contributed by atoms with Gasteiger partial charge in [-0.25, -0.2) is 4.79 Å². The summed E-state index contributed by atoms with van der Waals surface area (Å²) in [6, 6.07) is -14.6. The van der Waals surface area contributed by atoms with Crippen molar-refractivity contribution in [3.8, 4) is 0 Å². The highest BCUT2D eigenvalue weighted by Crippen LogP contribution is 2.14. The maximum Gasteiger partial charge on any atom is 0.327 e. The molecule has 29 nitrogen and oxygen atoms in total. The maximum absolute atomic E-state index is 14.2. The number of aliphatic imine (C=N–C) groups is 1. The predicted molar refractivity (Wildman–Crippen MR) is 296 cm³/mol. The molecule has 0 radical (unpaired) electrons. The van der Waals surface area contributed by atoms with Crippen LogP contribution >= 0.6 is 25.3 Å². The smallest absolute Gasteiger partial charge is 0.327 e. The van der Waals surface area contributed by atoms with E-state index in [9.17, 15) is 72.9 Å². The van der Waals surface area contributed by atoms with Crippen LogP contribution in [0.2, 0.25) is 0 Å². The Morgan fingerprint density at radius 3 is 1.27 bits per heavy atom. The van der Waals surface area contributed by atoms with E-state index in [-0.39, 0.29) is 80.3 Å². The SMILES string of the molecule is CC[C@H](C)[C@H](NC(=O)[C@H](CO)NC(=O)[C@H](CC(N)=O)NC(=O)[C@H](CC(C)C)NC(=O)[C@H](CCCN=C(N)N)NC(=O)[C@H](CC(C)C)NC(=O)[C@H](CCC(=O)O)NC(=O)[C@@H](N)CS)C(=O)N[C@@H](CC(C)C)C(=O)N[C@@H](CS)C(=O)O. The number of nitrogens with one attached hydrogen (secondary N) is 9. The lowest BCUT2D eigenvalue weighted by molar-refractivity contribution is -0.142. The van der Waals surface area contributed by atoms with E-state index in [2.05, 4.69) is 78.1 Å². The second-order valence-corrected chi connectivity index (χ2v) is 21.0. The Labute approximate surface area is 471 Å². The minimum absolute atomic E-state index is 0.0159. The highest BCUT2D eigenvalue weighted by Gasteiger charge is 2.37. The number of hydrogen-bond acceptors (Lipinski definition) is 17. The number of aliphatic carboxylic acids is 2. The lowest BCUT2D eigenvalue weighted by Crippen LogP contribution is -2.62. The molecule has 0 aliphatic carbocycles. The number of carboxylic acid groups (broad SMARTS) is 2. The number of carbonyl (C=O) groups is 12. The van der Waals surface area contributed by atoms with Gasteiger partial charge in [0, 0.05) is 24.5 Å². The summed E-state index contributed by atoms with van der Waals surface area (Å²) >= 11 is 7.94. The number of amides is 10. The molecule has 450 valence electrons. The van der Waals surface area contributed by atoms with Gasteiger partial charge in [0.1, 0.15) is 54.4 Å². The molecule has 0 fully saturated rings. The monoisotopic (exact) mass is 1160 g/mol. The highest BCUT2D eigenvalue weighted by atomic mass is 32.1. The third-order valence-corrected chi connectivity index (χ3v) is 12.6. The van der Waals surface area contributed by atoms with Crippen molar-refractivity contribution in [2.75, 3.05) is 24.7 Å². The standard InChI is InChI=1S/C48H86N14O15S2/c1-9-25(8)37(46(75)59-31(17-24(6)7)43(72)61-34(21-79)47(76)77)62-45(74)33(19-63)60-44(73)32(18-35(50)64)58-42(71)30(16-23(4)5)56-39(68)27(11-10-14-53-48(51)52)55-41(70)29(15-22(2)3)57-40(69)28(12-13-36(65)66)54-38(67)26(49)20-78/h22-34,37,63,78-79H,9-21,49H2,1-8H3,(H2,50,64)(H,54,67)(H,55,70)(H,56,68)(H,57,69)(H,58,71)(H,59,75)(H,60,73)(H,61,72)(H,62,74)(H,65,66)(H,76,77)(H4,51,52,53)/t25-,26-,27-,28-,29-,30-,31-,32-,33-,34-,37-/m0/s1. The summed E-state index contributed by atoms with van der Waals surface area (Å²) in [5.74, 6) is -14.3. The second kappa shape index (κ2) is 37.4. The first-order valence-electron chi connectivity index (χ1n) is 25.9. The zero-order valence-corrected chi connectivity index (χ0v) is 48.0. The van der Waals surface area contributed by atoms with Gasteiger partial charge < -0.3 is 86.1 Å². The number of nitrogens with two attached hydrogens (primary N) is 4. The number of carbonyl (C=O) groups excluding carboxylic acids is 10. The van der Waals surface area contributed by atoms with Crippen LogP contribution < -0.4 is 70.8 Å². The first-order valence-corrected chi connectivity index (χ1v) is 27.2. The first-order chi connectivity index (χ1) is 36.8. The molecule has 0 saturated carbocycles. The van der Waals surface area contributed by atoms with E-state index in [0.717, 1.165) is 0 Å². The Morgan fingerprint density at radius 2 is 0.873 bits per heavy atom. The van der Waals surface area contributed by atoms with E-state index >= 15 is 0 Å². The van der Waals surface area contributed by atoms with E-state index < -0.39 is 157 Å². The van der Waals surface area contributed by atoms with Crippen molar-refractivity contribution < 1.29 is 72.9 Å². The van der Waals surface area contributed by atoms with E-state index in [1.807, 2.05) is 0 Å². The minimum atomic E-state index is -1.83. The molecule has 31 heteroatoms. The molecule has 0 aliphatic heterocycles. The Morgan fingerprint density at radius 1 is 0.494 bits per heavy atom. The molecule has 0 aromatic rings. The van der Waals surface area contributed by atoms with Crippen molar-refractivity contribution in [1.82, 2.24) is 47.9 Å². The number of aliphatic hydroxyl groups is 1. The summed E-state index contributed by atoms with van der Waals surface area (Å²) < 4.78 is 0. The van der Waals surface area contributed by atoms with Crippen LogP contribution in [0, 0.1) is 23.7 Å². The van der Waals surface area contributed by atoms with Crippen molar-refractivity contribution in [1.29, 1.82) is 0 Å². The molecule has 0 saturated heterocycles. The average molecular weight is 1160 g/mol. The van der Waals surface area contributed by atoms with Gasteiger partial charge in [0.05, 0.1) is 19.1 Å². The molecule has 79 heavy (non-hydrogen) atoms. The summed E-state index contributed by atoms with van der Waals surface area (Å²) in [5.41, 5.74) is 22.2. The molecule has 0 spiro atoms. The summed E-state index contributed by atoms with van der Waals surface area (Å²) in [4.78, 5) is 162. The van der Waals surface area contributed by atoms with Gasteiger partial charge in [0.15, 0.2) is 5.96 Å². The van der Waals surface area contributed by atoms with Crippen LogP contribution in [-0.2, 0) is 57.5 Å². The maximum atomic E-state index is 14.2. The summed E-state index contributed by atoms with van der Waals surface area (Å²) in [6.45, 7) is 12.6. The Kier molecular flexibility index (Phi) is 34.3. The highest BCUT2D eigenvalue weighted by molar-refractivity contribution is 7.80. The van der Waals surface area contributed by atoms with Crippen LogP contribution in [0.3, 0.4) is 0 Å². The van der Waals surface area contributed by atoms with Gasteiger partial charge in [-0.1, -0.05) is 61.8 Å². The lowest BCUT2D eigenvalue weighted by Gasteiger charge is -2.29. The Bertz CT molecular complexity index is 2120. The van der Waals surface area contributed by atoms with Crippen LogP contribution in [0.15, 0.2) is 4.99 Å². The fraction of sp³-hybridized carbons (Fsp3) is 0.729. The number of nitrogens with zero attached hydrogens (tertiary/aromatic N) is 1. The molecule has 11 atom stereocenters. The van der Waals surface area contributed by atoms with E-state index in [4.69, 9.17) is 22.9 Å². The molecule has 0 aromatic carbocycles. The van der Waals surface area contributed by atoms with Crippen LogP contribution in [0.25, 0.3) is 0 Å². The van der Waals surface area contributed by atoms with Crippen molar-refractivity contribution in [3.63, 3.8) is 0 Å². The zero-order chi connectivity index (χ0) is 60.9. The topological polar surface area (TPSA) is 490 Å². The lowest BCUT2D eigenvalue weighted by atomic mass is 9.96. The number of rotatable bonds is 39. The van der Waals surface area contributed by atoms with Gasteiger partial charge in [0.25, 0.3) is 0 Å². The first kappa shape index (κ1) is 72.5. The predicted octanol–water partition coefficient (Wildman–Crippen LogP) is -4.41. The number of hydrogen-bond donors (Lipinski definition) is 18. The van der Waals surface area contributed by atoms with Gasteiger partial charge in [-0.05, 0) is 62.2 Å². The van der Waals surface area contributed by atoms with Crippen molar-refractivity contribution in [3.05, 3.63) is 0 Å². The van der Waals surface area contributed by atoms with Gasteiger partial charge in [-0.3, -0.25) is 57.7 Å². The molecule has 0 rings (SSSR count). The van der Waals surface area contributed by atoms with Crippen LogP contribution in [0.4, 0.5) is 0 Å². The van der Waals surface area contributed by atoms with Gasteiger partial charge in [-0.2, -0.15) is 25.3 Å². The van der Waals surface area contributed by atoms with Crippen LogP contribution in [0.5, 0.6) is 0 Å². The van der Waals surface area contributed by atoms with Crippen LogP contribution in [-0.4, -0.2) is 177 Å². The number of primary amides is 1. The van der Waals surface area contributed by atoms with E-state index in [1.165, 1.54) is 0 Å². The molecular weight excluding hydrogens is 1080 g/mol. The largest absolute Gasteiger partial charge is 0.481 e. The Hall–Kier alpha value is -6.47. The van der Waals surface area contributed by atoms with Crippen molar-refractivity contribution in [2.45, 2.75) is 174 Å². The van der Waals surface area contributed by atoms with E-state index in [0.29, 0.717) is 6.42 Å². The third-order valence-electron chi connectivity index (χ3n) is 11.9. The quantitative estimate of drug-likeness (QED) is 0.0120. The molecular formula is C48H86N14O15S2. The second-order valence-electron chi connectivity index (χ2n) is 20.3. The third kappa shape index (κ3) is 28.8. The number of aliphatic hydroxyl groups excluding tert-OH is 1.